The predicted octanol–water partition coefficient (Wildman–Crippen LogP) is 3.09. The molecular formula is C16H22F3N3O2. The number of halogens is 3. The van der Waals surface area contributed by atoms with E-state index in [1.165, 1.54) is 0 Å². The smallest absolute Gasteiger partial charge is 0.368 e. The molecule has 1 atom stereocenters. The van der Waals surface area contributed by atoms with Gasteiger partial charge in [0, 0.05) is 24.7 Å². The van der Waals surface area contributed by atoms with Crippen molar-refractivity contribution in [1.82, 2.24) is 15.1 Å². The largest absolute Gasteiger partial charge is 0.435 e. The number of aromatic amines is 1. The molecule has 3 rings (SSSR count). The third-order valence-corrected chi connectivity index (χ3v) is 4.85. The maximum Gasteiger partial charge on any atom is 0.435 e. The van der Waals surface area contributed by atoms with Gasteiger partial charge in [0.1, 0.15) is 6.61 Å². The highest BCUT2D eigenvalue weighted by Crippen LogP contribution is 2.32. The highest BCUT2D eigenvalue weighted by Gasteiger charge is 2.35. The molecule has 1 saturated carbocycles. The lowest BCUT2D eigenvalue weighted by molar-refractivity contribution is -0.141. The minimum absolute atomic E-state index is 0.0637. The summed E-state index contributed by atoms with van der Waals surface area (Å²) in [7, 11) is 0. The summed E-state index contributed by atoms with van der Waals surface area (Å²) < 4.78 is 43.6. The summed E-state index contributed by atoms with van der Waals surface area (Å²) in [6, 6.07) is 1.05. The van der Waals surface area contributed by atoms with Crippen molar-refractivity contribution in [2.75, 3.05) is 19.7 Å². The zero-order valence-electron chi connectivity index (χ0n) is 13.4. The van der Waals surface area contributed by atoms with Crippen LogP contribution in [0.3, 0.4) is 0 Å². The van der Waals surface area contributed by atoms with E-state index in [1.807, 2.05) is 0 Å². The number of hydrogen-bond acceptors (Lipinski definition) is 3. The van der Waals surface area contributed by atoms with Crippen molar-refractivity contribution in [2.24, 2.45) is 0 Å². The quantitative estimate of drug-likeness (QED) is 0.912. The number of nitrogens with zero attached hydrogens (tertiary/aromatic N) is 2. The molecule has 1 aliphatic carbocycles. The minimum Gasteiger partial charge on any atom is -0.368 e. The van der Waals surface area contributed by atoms with E-state index in [0.29, 0.717) is 18.8 Å². The Morgan fingerprint density at radius 1 is 1.29 bits per heavy atom. The number of alkyl halides is 3. The van der Waals surface area contributed by atoms with E-state index in [4.69, 9.17) is 4.74 Å². The van der Waals surface area contributed by atoms with Crippen molar-refractivity contribution in [3.05, 3.63) is 17.5 Å². The van der Waals surface area contributed by atoms with Gasteiger partial charge >= 0.3 is 6.18 Å². The molecule has 0 spiro atoms. The number of piperidine rings is 1. The number of carbonyl (C=O) groups excluding carboxylic acids is 1. The Hall–Kier alpha value is -1.57. The molecule has 2 heterocycles. The number of ether oxygens (including phenoxy) is 1. The maximum atomic E-state index is 12.7. The molecule has 134 valence electrons. The molecule has 1 aliphatic heterocycles. The molecule has 1 amide bonds. The fourth-order valence-corrected chi connectivity index (χ4v) is 3.48. The monoisotopic (exact) mass is 345 g/mol. The molecule has 1 saturated heterocycles. The van der Waals surface area contributed by atoms with Crippen molar-refractivity contribution >= 4 is 5.91 Å². The number of nitrogens with one attached hydrogen (secondary N) is 1. The summed E-state index contributed by atoms with van der Waals surface area (Å²) in [5.41, 5.74) is -0.470. The molecule has 24 heavy (non-hydrogen) atoms. The summed E-state index contributed by atoms with van der Waals surface area (Å²) in [5.74, 6) is -0.222. The van der Waals surface area contributed by atoms with Gasteiger partial charge in [-0.05, 0) is 31.7 Å². The molecule has 1 aromatic heterocycles. The Morgan fingerprint density at radius 3 is 2.71 bits per heavy atom. The molecular weight excluding hydrogens is 323 g/mol. The Kier molecular flexibility index (Phi) is 5.12. The van der Waals surface area contributed by atoms with Gasteiger partial charge in [-0.1, -0.05) is 12.8 Å². The number of aromatic nitrogens is 2. The van der Waals surface area contributed by atoms with Crippen LogP contribution in [0.2, 0.25) is 0 Å². The third-order valence-electron chi connectivity index (χ3n) is 4.85. The Balaban J connectivity index is 1.55. The van der Waals surface area contributed by atoms with Gasteiger partial charge in [0.05, 0.1) is 6.10 Å². The van der Waals surface area contributed by atoms with Crippen molar-refractivity contribution in [2.45, 2.75) is 56.7 Å². The topological polar surface area (TPSA) is 58.2 Å². The molecule has 8 heteroatoms. The molecule has 1 aromatic rings. The van der Waals surface area contributed by atoms with E-state index in [2.05, 4.69) is 10.2 Å². The van der Waals surface area contributed by atoms with Gasteiger partial charge in [-0.25, -0.2) is 0 Å². The van der Waals surface area contributed by atoms with Gasteiger partial charge in [0.25, 0.3) is 0 Å². The number of hydrogen-bond donors (Lipinski definition) is 1. The van der Waals surface area contributed by atoms with Crippen LogP contribution < -0.4 is 0 Å². The van der Waals surface area contributed by atoms with Gasteiger partial charge in [-0.2, -0.15) is 18.3 Å². The normalized spacial score (nSPS) is 23.0. The number of rotatable bonds is 4. The van der Waals surface area contributed by atoms with E-state index in [0.717, 1.165) is 44.6 Å². The molecule has 2 aliphatic rings. The molecule has 0 aromatic carbocycles. The van der Waals surface area contributed by atoms with Crippen LogP contribution in [0.1, 0.15) is 55.8 Å². The van der Waals surface area contributed by atoms with Crippen LogP contribution >= 0.6 is 0 Å². The van der Waals surface area contributed by atoms with Crippen LogP contribution in [-0.2, 0) is 15.7 Å². The van der Waals surface area contributed by atoms with Gasteiger partial charge in [-0.15, -0.1) is 0 Å². The average molecular weight is 345 g/mol. The Morgan fingerprint density at radius 2 is 2.04 bits per heavy atom. The van der Waals surface area contributed by atoms with Gasteiger partial charge in [0.2, 0.25) is 5.91 Å². The molecule has 2 fully saturated rings. The minimum atomic E-state index is -4.45. The second kappa shape index (κ2) is 7.13. The Labute approximate surface area is 138 Å². The van der Waals surface area contributed by atoms with Crippen LogP contribution in [0, 0.1) is 0 Å². The lowest BCUT2D eigenvalue weighted by Crippen LogP contribution is -2.41. The van der Waals surface area contributed by atoms with Crippen LogP contribution in [0.5, 0.6) is 0 Å². The standard InChI is InChI=1S/C16H22F3N3O2/c17-16(18,19)14-8-13(20-21-14)11-4-3-7-22(9-11)15(23)10-24-12-5-1-2-6-12/h8,11-12H,1-7,9-10H2,(H,20,21)/t11-/m0/s1. The van der Waals surface area contributed by atoms with E-state index in [-0.39, 0.29) is 24.5 Å². The molecule has 0 bridgehead atoms. The van der Waals surface area contributed by atoms with Crippen molar-refractivity contribution in [3.63, 3.8) is 0 Å². The van der Waals surface area contributed by atoms with Crippen LogP contribution in [0.4, 0.5) is 13.2 Å². The number of likely N-dealkylation sites (tertiary alicyclic amines) is 1. The van der Waals surface area contributed by atoms with Crippen LogP contribution in [-0.4, -0.2) is 46.8 Å². The SMILES string of the molecule is O=C(COC1CCCC1)N1CCC[C@H](c2cc(C(F)(F)F)n[nH]2)C1. The first kappa shape index (κ1) is 17.3. The summed E-state index contributed by atoms with van der Waals surface area (Å²) in [4.78, 5) is 14.0. The van der Waals surface area contributed by atoms with E-state index >= 15 is 0 Å². The summed E-state index contributed by atoms with van der Waals surface area (Å²) in [6.45, 7) is 1.10. The summed E-state index contributed by atoms with van der Waals surface area (Å²) >= 11 is 0. The van der Waals surface area contributed by atoms with Crippen LogP contribution in [0.25, 0.3) is 0 Å². The van der Waals surface area contributed by atoms with E-state index in [1.54, 1.807) is 4.90 Å². The highest BCUT2D eigenvalue weighted by atomic mass is 19.4. The number of amides is 1. The second-order valence-electron chi connectivity index (χ2n) is 6.60. The maximum absolute atomic E-state index is 12.7. The Bertz CT molecular complexity index is 567. The van der Waals surface area contributed by atoms with Crippen molar-refractivity contribution in [1.29, 1.82) is 0 Å². The molecule has 1 N–H and O–H groups in total. The van der Waals surface area contributed by atoms with E-state index < -0.39 is 11.9 Å². The lowest BCUT2D eigenvalue weighted by atomic mass is 9.94. The zero-order chi connectivity index (χ0) is 17.2. The number of carbonyl (C=O) groups is 1. The average Bonchev–Trinajstić information content (AvgIpc) is 3.23. The predicted molar refractivity (Wildman–Crippen MR) is 80.4 cm³/mol. The van der Waals surface area contributed by atoms with E-state index in [9.17, 15) is 18.0 Å². The second-order valence-corrected chi connectivity index (χ2v) is 6.60. The fourth-order valence-electron chi connectivity index (χ4n) is 3.48. The van der Waals surface area contributed by atoms with Gasteiger partial charge < -0.3 is 9.64 Å². The number of H-pyrrole nitrogens is 1. The zero-order valence-corrected chi connectivity index (χ0v) is 13.4. The first-order chi connectivity index (χ1) is 11.4. The molecule has 0 radical (unpaired) electrons. The van der Waals surface area contributed by atoms with Crippen LogP contribution in [0.15, 0.2) is 6.07 Å². The fraction of sp³-hybridized carbons (Fsp3) is 0.750. The third kappa shape index (κ3) is 4.09. The highest BCUT2D eigenvalue weighted by molar-refractivity contribution is 5.77. The first-order valence-electron chi connectivity index (χ1n) is 8.45. The molecule has 0 unspecified atom stereocenters. The van der Waals surface area contributed by atoms with Crippen molar-refractivity contribution in [3.8, 4) is 0 Å². The summed E-state index contributed by atoms with van der Waals surface area (Å²) in [6.07, 6.45) is 1.53. The van der Waals surface area contributed by atoms with Gasteiger partial charge in [-0.3, -0.25) is 9.89 Å². The van der Waals surface area contributed by atoms with Crippen molar-refractivity contribution < 1.29 is 22.7 Å². The lowest BCUT2D eigenvalue weighted by Gasteiger charge is -2.32. The first-order valence-corrected chi connectivity index (χ1v) is 8.45. The molecule has 5 nitrogen and oxygen atoms in total. The summed E-state index contributed by atoms with van der Waals surface area (Å²) in [5, 5.41) is 5.82. The van der Waals surface area contributed by atoms with Gasteiger partial charge in [0.15, 0.2) is 5.69 Å².